The maximum atomic E-state index is 13.1. The third-order valence-corrected chi connectivity index (χ3v) is 5.95. The second-order valence-corrected chi connectivity index (χ2v) is 7.78. The van der Waals surface area contributed by atoms with E-state index < -0.39 is 21.8 Å². The van der Waals surface area contributed by atoms with Gasteiger partial charge in [0.1, 0.15) is 0 Å². The van der Waals surface area contributed by atoms with Gasteiger partial charge in [-0.05, 0) is 49.4 Å². The summed E-state index contributed by atoms with van der Waals surface area (Å²) in [4.78, 5) is 24.1. The summed E-state index contributed by atoms with van der Waals surface area (Å²) in [6.45, 7) is 1.95. The fraction of sp³-hybridized carbons (Fsp3) is 0.100. The van der Waals surface area contributed by atoms with Crippen molar-refractivity contribution in [3.05, 3.63) is 84.3 Å². The molecule has 0 saturated carbocycles. The highest BCUT2D eigenvalue weighted by Gasteiger charge is 2.24. The van der Waals surface area contributed by atoms with Gasteiger partial charge in [0.05, 0.1) is 16.8 Å². The van der Waals surface area contributed by atoms with Gasteiger partial charge in [-0.2, -0.15) is 0 Å². The van der Waals surface area contributed by atoms with Crippen molar-refractivity contribution in [2.75, 3.05) is 10.8 Å². The van der Waals surface area contributed by atoms with Crippen molar-refractivity contribution in [1.29, 1.82) is 0 Å². The molecule has 0 radical (unpaired) electrons. The van der Waals surface area contributed by atoms with Gasteiger partial charge in [-0.3, -0.25) is 24.7 Å². The van der Waals surface area contributed by atoms with Crippen LogP contribution in [-0.2, 0) is 10.0 Å². The Bertz CT molecular complexity index is 1100. The van der Waals surface area contributed by atoms with Crippen LogP contribution in [0.5, 0.6) is 0 Å². The first-order chi connectivity index (χ1) is 13.9. The fourth-order valence-electron chi connectivity index (χ4n) is 2.67. The summed E-state index contributed by atoms with van der Waals surface area (Å²) in [6.07, 6.45) is 1.33. The van der Waals surface area contributed by atoms with E-state index in [9.17, 15) is 18.0 Å². The second-order valence-electron chi connectivity index (χ2n) is 5.92. The van der Waals surface area contributed by atoms with Crippen LogP contribution in [0.3, 0.4) is 0 Å². The molecule has 9 heteroatoms. The number of carbonyl (C=O) groups is 2. The molecule has 0 unspecified atom stereocenters. The lowest BCUT2D eigenvalue weighted by molar-refractivity contribution is 0.0831. The number of nitrogens with zero attached hydrogens (tertiary/aromatic N) is 1. The standard InChI is InChI=1S/C20H19N3O5S/c1-2-23(16-9-4-3-5-10-16)29(26,27)17-11-6-8-15(14-17)19(24)21-22-20(25)18-12-7-13-28-18/h3-14H,2H2,1H3,(H,21,24)(H,22,25). The first-order valence-electron chi connectivity index (χ1n) is 8.75. The minimum absolute atomic E-state index is 0.0306. The highest BCUT2D eigenvalue weighted by molar-refractivity contribution is 7.92. The zero-order valence-electron chi connectivity index (χ0n) is 15.5. The van der Waals surface area contributed by atoms with Crippen molar-refractivity contribution in [3.8, 4) is 0 Å². The average molecular weight is 413 g/mol. The van der Waals surface area contributed by atoms with Crippen molar-refractivity contribution >= 4 is 27.5 Å². The summed E-state index contributed by atoms with van der Waals surface area (Å²) in [5.41, 5.74) is 5.05. The SMILES string of the molecule is CCN(c1ccccc1)S(=O)(=O)c1cccc(C(=O)NNC(=O)c2ccco2)c1. The minimum atomic E-state index is -3.88. The summed E-state index contributed by atoms with van der Waals surface area (Å²) in [6, 6.07) is 17.3. The van der Waals surface area contributed by atoms with Gasteiger partial charge in [-0.25, -0.2) is 8.42 Å². The number of anilines is 1. The normalized spacial score (nSPS) is 10.9. The third kappa shape index (κ3) is 4.46. The molecular formula is C20H19N3O5S. The Labute approximate surface area is 168 Å². The van der Waals surface area contributed by atoms with E-state index in [1.807, 2.05) is 0 Å². The zero-order valence-corrected chi connectivity index (χ0v) is 16.3. The summed E-state index contributed by atoms with van der Waals surface area (Å²) in [5, 5.41) is 0. The van der Waals surface area contributed by atoms with Crippen LogP contribution < -0.4 is 15.2 Å². The van der Waals surface area contributed by atoms with Gasteiger partial charge >= 0.3 is 5.91 Å². The number of benzene rings is 2. The van der Waals surface area contributed by atoms with E-state index >= 15 is 0 Å². The Morgan fingerprint density at radius 3 is 2.31 bits per heavy atom. The maximum Gasteiger partial charge on any atom is 0.305 e. The molecule has 0 aliphatic rings. The number of amides is 2. The summed E-state index contributed by atoms with van der Waals surface area (Å²) >= 11 is 0. The zero-order chi connectivity index (χ0) is 20.9. The van der Waals surface area contributed by atoms with Crippen LogP contribution in [-0.4, -0.2) is 26.8 Å². The highest BCUT2D eigenvalue weighted by Crippen LogP contribution is 2.23. The van der Waals surface area contributed by atoms with Gasteiger partial charge in [-0.1, -0.05) is 24.3 Å². The minimum Gasteiger partial charge on any atom is -0.459 e. The van der Waals surface area contributed by atoms with Gasteiger partial charge < -0.3 is 4.42 Å². The Kier molecular flexibility index (Phi) is 5.99. The van der Waals surface area contributed by atoms with E-state index in [0.29, 0.717) is 5.69 Å². The van der Waals surface area contributed by atoms with Crippen LogP contribution in [0.1, 0.15) is 27.8 Å². The van der Waals surface area contributed by atoms with E-state index in [2.05, 4.69) is 10.9 Å². The molecule has 0 atom stereocenters. The molecule has 150 valence electrons. The summed E-state index contributed by atoms with van der Waals surface area (Å²) < 4.78 is 32.3. The van der Waals surface area contributed by atoms with Crippen LogP contribution in [0.25, 0.3) is 0 Å². The first-order valence-corrected chi connectivity index (χ1v) is 10.2. The average Bonchev–Trinajstić information content (AvgIpc) is 3.28. The van der Waals surface area contributed by atoms with E-state index in [-0.39, 0.29) is 22.8 Å². The summed E-state index contributed by atoms with van der Waals surface area (Å²) in [7, 11) is -3.88. The third-order valence-electron chi connectivity index (χ3n) is 4.05. The fourth-order valence-corrected chi connectivity index (χ4v) is 4.19. The Morgan fingerprint density at radius 1 is 0.931 bits per heavy atom. The number of hydrogen-bond donors (Lipinski definition) is 2. The van der Waals surface area contributed by atoms with Crippen LogP contribution in [0, 0.1) is 0 Å². The number of rotatable bonds is 6. The number of carbonyl (C=O) groups excluding carboxylic acids is 2. The van der Waals surface area contributed by atoms with E-state index in [1.54, 1.807) is 37.3 Å². The lowest BCUT2D eigenvalue weighted by atomic mass is 10.2. The molecule has 1 heterocycles. The van der Waals surface area contributed by atoms with Crippen molar-refractivity contribution in [2.45, 2.75) is 11.8 Å². The maximum absolute atomic E-state index is 13.1. The number of sulfonamides is 1. The van der Waals surface area contributed by atoms with Gasteiger partial charge in [0.25, 0.3) is 15.9 Å². The molecule has 2 N–H and O–H groups in total. The van der Waals surface area contributed by atoms with Gasteiger partial charge in [-0.15, -0.1) is 0 Å². The molecule has 0 saturated heterocycles. The lowest BCUT2D eigenvalue weighted by Gasteiger charge is -2.23. The van der Waals surface area contributed by atoms with E-state index in [1.165, 1.54) is 47.0 Å². The van der Waals surface area contributed by atoms with Crippen LogP contribution in [0.4, 0.5) is 5.69 Å². The largest absolute Gasteiger partial charge is 0.459 e. The second kappa shape index (κ2) is 8.61. The molecule has 1 aromatic heterocycles. The molecule has 2 aromatic carbocycles. The van der Waals surface area contributed by atoms with Crippen LogP contribution in [0.15, 0.2) is 82.3 Å². The number of furan rings is 1. The first kappa shape index (κ1) is 20.2. The lowest BCUT2D eigenvalue weighted by Crippen LogP contribution is -2.41. The monoisotopic (exact) mass is 413 g/mol. The molecule has 29 heavy (non-hydrogen) atoms. The van der Waals surface area contributed by atoms with Crippen LogP contribution >= 0.6 is 0 Å². The van der Waals surface area contributed by atoms with E-state index in [0.717, 1.165) is 0 Å². The molecule has 3 rings (SSSR count). The van der Waals surface area contributed by atoms with E-state index in [4.69, 9.17) is 4.42 Å². The molecule has 8 nitrogen and oxygen atoms in total. The number of hydrogen-bond acceptors (Lipinski definition) is 5. The van der Waals surface area contributed by atoms with Crippen molar-refractivity contribution in [3.63, 3.8) is 0 Å². The summed E-state index contributed by atoms with van der Waals surface area (Å²) in [5.74, 6) is -1.26. The van der Waals surface area contributed by atoms with Crippen molar-refractivity contribution in [2.24, 2.45) is 0 Å². The highest BCUT2D eigenvalue weighted by atomic mass is 32.2. The molecule has 0 spiro atoms. The molecule has 0 fully saturated rings. The molecular weight excluding hydrogens is 394 g/mol. The predicted octanol–water partition coefficient (Wildman–Crippen LogP) is 2.57. The molecule has 2 amide bonds. The number of nitrogens with one attached hydrogen (secondary N) is 2. The molecule has 0 bridgehead atoms. The topological polar surface area (TPSA) is 109 Å². The Morgan fingerprint density at radius 2 is 1.66 bits per heavy atom. The van der Waals surface area contributed by atoms with Crippen molar-refractivity contribution < 1.29 is 22.4 Å². The molecule has 3 aromatic rings. The van der Waals surface area contributed by atoms with Gasteiger partial charge in [0.2, 0.25) is 0 Å². The molecule has 0 aliphatic carbocycles. The Balaban J connectivity index is 1.79. The van der Waals surface area contributed by atoms with Gasteiger partial charge in [0.15, 0.2) is 5.76 Å². The van der Waals surface area contributed by atoms with Gasteiger partial charge in [0, 0.05) is 12.1 Å². The quantitative estimate of drug-likeness (QED) is 0.604. The Hall–Kier alpha value is -3.59. The number of para-hydroxylation sites is 1. The van der Waals surface area contributed by atoms with Crippen LogP contribution in [0.2, 0.25) is 0 Å². The number of hydrazine groups is 1. The smallest absolute Gasteiger partial charge is 0.305 e. The predicted molar refractivity (Wildman–Crippen MR) is 107 cm³/mol. The van der Waals surface area contributed by atoms with Crippen molar-refractivity contribution in [1.82, 2.24) is 10.9 Å². The molecule has 0 aliphatic heterocycles.